The Morgan fingerprint density at radius 1 is 1.19 bits per heavy atom. The van der Waals surface area contributed by atoms with Crippen molar-refractivity contribution < 1.29 is 13.6 Å². The Bertz CT molecular complexity index is 717. The molecule has 0 spiro atoms. The van der Waals surface area contributed by atoms with Gasteiger partial charge in [0, 0.05) is 6.20 Å². The summed E-state index contributed by atoms with van der Waals surface area (Å²) in [6, 6.07) is 12.4. The average Bonchev–Trinajstić information content (AvgIpc) is 3.16. The van der Waals surface area contributed by atoms with Crippen molar-refractivity contribution >= 4 is 11.7 Å². The highest BCUT2D eigenvalue weighted by Gasteiger charge is 2.22. The molecule has 0 aliphatic heterocycles. The van der Waals surface area contributed by atoms with Gasteiger partial charge in [0.2, 0.25) is 0 Å². The molecule has 0 atom stereocenters. The molecular formula is C16H14N2O3. The Kier molecular flexibility index (Phi) is 3.55. The number of carbonyl (C=O) groups is 1. The summed E-state index contributed by atoms with van der Waals surface area (Å²) in [6.07, 6.45) is 3.12. The van der Waals surface area contributed by atoms with Crippen LogP contribution in [0.1, 0.15) is 22.1 Å². The molecule has 0 aliphatic carbocycles. The third kappa shape index (κ3) is 2.86. The van der Waals surface area contributed by atoms with E-state index in [-0.39, 0.29) is 11.7 Å². The van der Waals surface area contributed by atoms with Crippen LogP contribution in [-0.4, -0.2) is 10.9 Å². The number of aryl methyl sites for hydroxylation is 1. The first-order valence-electron chi connectivity index (χ1n) is 6.56. The maximum atomic E-state index is 12.6. The van der Waals surface area contributed by atoms with Crippen LogP contribution in [0.5, 0.6) is 0 Å². The van der Waals surface area contributed by atoms with Gasteiger partial charge in [0.25, 0.3) is 5.91 Å². The molecule has 0 bridgehead atoms. The van der Waals surface area contributed by atoms with Crippen molar-refractivity contribution in [1.29, 1.82) is 0 Å². The molecule has 0 N–H and O–H groups in total. The molecule has 21 heavy (non-hydrogen) atoms. The monoisotopic (exact) mass is 282 g/mol. The van der Waals surface area contributed by atoms with Crippen molar-refractivity contribution in [3.8, 4) is 0 Å². The van der Waals surface area contributed by atoms with E-state index >= 15 is 0 Å². The standard InChI is InChI=1S/C16H14N2O3/c1-12-7-8-13(21-12)11-18(15-6-2-3-9-17-15)16(19)14-5-4-10-20-14/h2-10H,11H2,1H3. The molecule has 1 amide bonds. The zero-order valence-corrected chi connectivity index (χ0v) is 11.5. The second-order valence-electron chi connectivity index (χ2n) is 4.57. The van der Waals surface area contributed by atoms with Crippen molar-refractivity contribution in [2.24, 2.45) is 0 Å². The summed E-state index contributed by atoms with van der Waals surface area (Å²) in [7, 11) is 0. The highest BCUT2D eigenvalue weighted by Crippen LogP contribution is 2.19. The molecule has 0 radical (unpaired) electrons. The summed E-state index contributed by atoms with van der Waals surface area (Å²) < 4.78 is 10.7. The Morgan fingerprint density at radius 3 is 2.71 bits per heavy atom. The van der Waals surface area contributed by atoms with Crippen LogP contribution in [0.15, 0.2) is 63.8 Å². The molecule has 3 aromatic rings. The van der Waals surface area contributed by atoms with Crippen molar-refractivity contribution in [3.05, 3.63) is 72.2 Å². The van der Waals surface area contributed by atoms with Gasteiger partial charge in [-0.25, -0.2) is 4.98 Å². The molecule has 0 unspecified atom stereocenters. The molecule has 106 valence electrons. The molecule has 5 nitrogen and oxygen atoms in total. The normalized spacial score (nSPS) is 10.5. The summed E-state index contributed by atoms with van der Waals surface area (Å²) in [5.74, 6) is 2.05. The van der Waals surface area contributed by atoms with Gasteiger partial charge in [-0.05, 0) is 43.3 Å². The van der Waals surface area contributed by atoms with Crippen LogP contribution >= 0.6 is 0 Å². The fourth-order valence-electron chi connectivity index (χ4n) is 2.03. The number of hydrogen-bond donors (Lipinski definition) is 0. The highest BCUT2D eigenvalue weighted by atomic mass is 16.3. The minimum absolute atomic E-state index is 0.257. The van der Waals surface area contributed by atoms with Gasteiger partial charge in [-0.15, -0.1) is 0 Å². The quantitative estimate of drug-likeness (QED) is 0.735. The second kappa shape index (κ2) is 5.66. The third-order valence-corrected chi connectivity index (χ3v) is 3.01. The molecule has 0 saturated carbocycles. The van der Waals surface area contributed by atoms with E-state index in [1.807, 2.05) is 25.1 Å². The summed E-state index contributed by atoms with van der Waals surface area (Å²) in [4.78, 5) is 18.3. The Hall–Kier alpha value is -2.82. The lowest BCUT2D eigenvalue weighted by Gasteiger charge is -2.19. The maximum Gasteiger partial charge on any atom is 0.295 e. The predicted octanol–water partition coefficient (Wildman–Crippen LogP) is 3.42. The zero-order chi connectivity index (χ0) is 14.7. The lowest BCUT2D eigenvalue weighted by atomic mass is 10.3. The number of pyridine rings is 1. The number of anilines is 1. The zero-order valence-electron chi connectivity index (χ0n) is 11.5. The first-order chi connectivity index (χ1) is 10.2. The number of amides is 1. The lowest BCUT2D eigenvalue weighted by Crippen LogP contribution is -2.30. The molecule has 0 fully saturated rings. The van der Waals surface area contributed by atoms with Gasteiger partial charge in [-0.2, -0.15) is 0 Å². The van der Waals surface area contributed by atoms with Crippen molar-refractivity contribution in [2.75, 3.05) is 4.90 Å². The van der Waals surface area contributed by atoms with Crippen LogP contribution in [0.4, 0.5) is 5.82 Å². The van der Waals surface area contributed by atoms with Crippen LogP contribution < -0.4 is 4.90 Å². The summed E-state index contributed by atoms with van der Waals surface area (Å²) in [6.45, 7) is 2.16. The third-order valence-electron chi connectivity index (χ3n) is 3.01. The number of rotatable bonds is 4. The smallest absolute Gasteiger partial charge is 0.295 e. The predicted molar refractivity (Wildman–Crippen MR) is 76.9 cm³/mol. The number of hydrogen-bond acceptors (Lipinski definition) is 4. The van der Waals surface area contributed by atoms with E-state index in [0.717, 1.165) is 5.76 Å². The van der Waals surface area contributed by atoms with Crippen LogP contribution in [0, 0.1) is 6.92 Å². The first kappa shape index (κ1) is 13.2. The number of furan rings is 2. The van der Waals surface area contributed by atoms with Gasteiger partial charge in [0.05, 0.1) is 12.8 Å². The second-order valence-corrected chi connectivity index (χ2v) is 4.57. The average molecular weight is 282 g/mol. The summed E-state index contributed by atoms with van der Waals surface area (Å²) in [5.41, 5.74) is 0. The van der Waals surface area contributed by atoms with Gasteiger partial charge < -0.3 is 8.83 Å². The number of nitrogens with zero attached hydrogens (tertiary/aromatic N) is 2. The molecule has 3 rings (SSSR count). The molecule has 0 aliphatic rings. The first-order valence-corrected chi connectivity index (χ1v) is 6.56. The largest absolute Gasteiger partial charge is 0.464 e. The van der Waals surface area contributed by atoms with E-state index in [0.29, 0.717) is 18.1 Å². The number of aromatic nitrogens is 1. The molecule has 0 aromatic carbocycles. The van der Waals surface area contributed by atoms with Crippen LogP contribution in [0.2, 0.25) is 0 Å². The van der Waals surface area contributed by atoms with E-state index in [1.165, 1.54) is 11.2 Å². The summed E-state index contributed by atoms with van der Waals surface area (Å²) in [5, 5.41) is 0. The fourth-order valence-corrected chi connectivity index (χ4v) is 2.03. The van der Waals surface area contributed by atoms with Gasteiger partial charge in [-0.1, -0.05) is 6.07 Å². The molecular weight excluding hydrogens is 268 g/mol. The SMILES string of the molecule is Cc1ccc(CN(C(=O)c2ccco2)c2ccccn2)o1. The molecule has 3 heterocycles. The maximum absolute atomic E-state index is 12.6. The van der Waals surface area contributed by atoms with Gasteiger partial charge >= 0.3 is 0 Å². The molecule has 5 heteroatoms. The Morgan fingerprint density at radius 2 is 2.10 bits per heavy atom. The van der Waals surface area contributed by atoms with E-state index in [4.69, 9.17) is 8.83 Å². The Balaban J connectivity index is 1.93. The fraction of sp³-hybridized carbons (Fsp3) is 0.125. The van der Waals surface area contributed by atoms with Crippen molar-refractivity contribution in [3.63, 3.8) is 0 Å². The van der Waals surface area contributed by atoms with Crippen molar-refractivity contribution in [1.82, 2.24) is 4.98 Å². The van der Waals surface area contributed by atoms with Gasteiger partial charge in [-0.3, -0.25) is 9.69 Å². The van der Waals surface area contributed by atoms with Crippen LogP contribution in [-0.2, 0) is 6.54 Å². The van der Waals surface area contributed by atoms with Gasteiger partial charge in [0.1, 0.15) is 17.3 Å². The number of carbonyl (C=O) groups excluding carboxylic acids is 1. The lowest BCUT2D eigenvalue weighted by molar-refractivity contribution is 0.0955. The minimum Gasteiger partial charge on any atom is -0.464 e. The van der Waals surface area contributed by atoms with Crippen molar-refractivity contribution in [2.45, 2.75) is 13.5 Å². The van der Waals surface area contributed by atoms with E-state index < -0.39 is 0 Å². The molecule has 0 saturated heterocycles. The molecule has 3 aromatic heterocycles. The van der Waals surface area contributed by atoms with E-state index in [9.17, 15) is 4.79 Å². The van der Waals surface area contributed by atoms with Crippen LogP contribution in [0.3, 0.4) is 0 Å². The van der Waals surface area contributed by atoms with Gasteiger partial charge in [0.15, 0.2) is 5.76 Å². The highest BCUT2D eigenvalue weighted by molar-refractivity contribution is 6.03. The summed E-state index contributed by atoms with van der Waals surface area (Å²) >= 11 is 0. The van der Waals surface area contributed by atoms with E-state index in [2.05, 4.69) is 4.98 Å². The van der Waals surface area contributed by atoms with E-state index in [1.54, 1.807) is 30.5 Å². The Labute approximate surface area is 121 Å². The minimum atomic E-state index is -0.257. The topological polar surface area (TPSA) is 59.5 Å². The van der Waals surface area contributed by atoms with Crippen LogP contribution in [0.25, 0.3) is 0 Å².